The lowest BCUT2D eigenvalue weighted by Gasteiger charge is -2.26. The topological polar surface area (TPSA) is 75.7 Å². The molecule has 0 bridgehead atoms. The number of sulfonamides is 1. The van der Waals surface area contributed by atoms with Gasteiger partial charge < -0.3 is 10.1 Å². The molecule has 0 unspecified atom stereocenters. The highest BCUT2D eigenvalue weighted by Gasteiger charge is 2.31. The highest BCUT2D eigenvalue weighted by Crippen LogP contribution is 2.27. The highest BCUT2D eigenvalue weighted by atomic mass is 127. The lowest BCUT2D eigenvalue weighted by Crippen LogP contribution is -2.41. The van der Waals surface area contributed by atoms with Gasteiger partial charge in [0.15, 0.2) is 0 Å². The molecule has 6 nitrogen and oxygen atoms in total. The Bertz CT molecular complexity index is 845. The van der Waals surface area contributed by atoms with Gasteiger partial charge in [0.25, 0.3) is 5.91 Å². The normalized spacial score (nSPS) is 16.0. The van der Waals surface area contributed by atoms with Crippen molar-refractivity contribution in [1.82, 2.24) is 4.31 Å². The lowest BCUT2D eigenvalue weighted by atomic mass is 10.3. The summed E-state index contributed by atoms with van der Waals surface area (Å²) in [6, 6.07) is 8.82. The molecule has 3 rings (SSSR count). The third-order valence-corrected chi connectivity index (χ3v) is 7.16. The van der Waals surface area contributed by atoms with Gasteiger partial charge in [-0.15, -0.1) is 11.3 Å². The summed E-state index contributed by atoms with van der Waals surface area (Å²) in [6.07, 6.45) is 0. The van der Waals surface area contributed by atoms with E-state index < -0.39 is 15.9 Å². The van der Waals surface area contributed by atoms with Gasteiger partial charge in [-0.1, -0.05) is 6.07 Å². The number of nitrogens with zero attached hydrogens (tertiary/aromatic N) is 1. The summed E-state index contributed by atoms with van der Waals surface area (Å²) in [5.41, 5.74) is 0.634. The summed E-state index contributed by atoms with van der Waals surface area (Å²) in [7, 11) is -3.69. The second-order valence-corrected chi connectivity index (χ2v) is 9.16. The van der Waals surface area contributed by atoms with E-state index in [1.807, 2.05) is 18.2 Å². The molecule has 1 fully saturated rings. The van der Waals surface area contributed by atoms with Gasteiger partial charge in [0.1, 0.15) is 9.77 Å². The number of thiophene rings is 1. The van der Waals surface area contributed by atoms with Crippen molar-refractivity contribution in [1.29, 1.82) is 0 Å². The van der Waals surface area contributed by atoms with Crippen LogP contribution in [0.15, 0.2) is 40.6 Å². The third-order valence-electron chi connectivity index (χ3n) is 3.51. The van der Waals surface area contributed by atoms with E-state index in [0.29, 0.717) is 32.0 Å². The zero-order chi connectivity index (χ0) is 17.2. The van der Waals surface area contributed by atoms with Crippen molar-refractivity contribution in [3.63, 3.8) is 0 Å². The number of ether oxygens (including phenoxy) is 1. The first-order chi connectivity index (χ1) is 11.5. The van der Waals surface area contributed by atoms with Crippen LogP contribution in [-0.2, 0) is 14.8 Å². The molecule has 0 aliphatic carbocycles. The molecular weight excluding hydrogens is 463 g/mol. The summed E-state index contributed by atoms with van der Waals surface area (Å²) in [6.45, 7) is 1.34. The molecule has 1 amide bonds. The minimum absolute atomic E-state index is 0.0533. The largest absolute Gasteiger partial charge is 0.379 e. The zero-order valence-corrected chi connectivity index (χ0v) is 16.4. The maximum Gasteiger partial charge on any atom is 0.267 e. The van der Waals surface area contributed by atoms with Gasteiger partial charge in [-0.05, 0) is 52.2 Å². The maximum atomic E-state index is 12.8. The number of carbonyl (C=O) groups is 1. The Morgan fingerprint density at radius 3 is 2.71 bits per heavy atom. The number of amides is 1. The van der Waals surface area contributed by atoms with Gasteiger partial charge in [0, 0.05) is 22.3 Å². The third kappa shape index (κ3) is 3.80. The molecule has 2 heterocycles. The van der Waals surface area contributed by atoms with Crippen LogP contribution in [0.4, 0.5) is 5.69 Å². The number of hydrogen-bond acceptors (Lipinski definition) is 5. The summed E-state index contributed by atoms with van der Waals surface area (Å²) in [5, 5.41) is 4.38. The van der Waals surface area contributed by atoms with Gasteiger partial charge in [-0.3, -0.25) is 4.79 Å². The number of morpholine rings is 1. The van der Waals surface area contributed by atoms with E-state index in [-0.39, 0.29) is 9.77 Å². The Balaban J connectivity index is 1.85. The van der Waals surface area contributed by atoms with Crippen molar-refractivity contribution in [3.8, 4) is 0 Å². The van der Waals surface area contributed by atoms with Crippen molar-refractivity contribution in [2.75, 3.05) is 31.6 Å². The van der Waals surface area contributed by atoms with Crippen molar-refractivity contribution in [2.45, 2.75) is 4.90 Å². The van der Waals surface area contributed by atoms with Gasteiger partial charge in [-0.25, -0.2) is 8.42 Å². The van der Waals surface area contributed by atoms with Crippen LogP contribution >= 0.6 is 33.9 Å². The molecule has 9 heteroatoms. The zero-order valence-electron chi connectivity index (χ0n) is 12.6. The number of hydrogen-bond donors (Lipinski definition) is 1. The van der Waals surface area contributed by atoms with Crippen LogP contribution in [0.5, 0.6) is 0 Å². The van der Waals surface area contributed by atoms with Crippen LogP contribution in [-0.4, -0.2) is 44.9 Å². The number of benzene rings is 1. The van der Waals surface area contributed by atoms with E-state index >= 15 is 0 Å². The Kier molecular flexibility index (Phi) is 5.55. The monoisotopic (exact) mass is 478 g/mol. The van der Waals surface area contributed by atoms with Crippen LogP contribution in [0.3, 0.4) is 0 Å². The molecule has 24 heavy (non-hydrogen) atoms. The van der Waals surface area contributed by atoms with Crippen molar-refractivity contribution >= 4 is 55.5 Å². The molecule has 2 aromatic rings. The average molecular weight is 478 g/mol. The van der Waals surface area contributed by atoms with Crippen molar-refractivity contribution in [2.24, 2.45) is 0 Å². The van der Waals surface area contributed by atoms with Gasteiger partial charge in [-0.2, -0.15) is 4.31 Å². The minimum atomic E-state index is -3.69. The second kappa shape index (κ2) is 7.48. The standard InChI is InChI=1S/C15H15IN2O4S2/c16-11-2-1-3-12(10-11)17-15(19)14-13(4-9-23-14)24(20,21)18-5-7-22-8-6-18/h1-4,9-10H,5-8H2,(H,17,19). The number of halogens is 1. The lowest BCUT2D eigenvalue weighted by molar-refractivity contribution is 0.0730. The Hall–Kier alpha value is -1.01. The molecule has 1 aliphatic heterocycles. The predicted molar refractivity (Wildman–Crippen MR) is 101 cm³/mol. The molecule has 1 saturated heterocycles. The molecular formula is C15H15IN2O4S2. The van der Waals surface area contributed by atoms with Gasteiger partial charge in [0.05, 0.1) is 13.2 Å². The summed E-state index contributed by atoms with van der Waals surface area (Å²) in [5.74, 6) is -0.418. The van der Waals surface area contributed by atoms with E-state index in [9.17, 15) is 13.2 Å². The maximum absolute atomic E-state index is 12.8. The Labute approximate surface area is 158 Å². The number of nitrogens with one attached hydrogen (secondary N) is 1. The number of anilines is 1. The van der Waals surface area contributed by atoms with Crippen molar-refractivity contribution in [3.05, 3.63) is 44.2 Å². The molecule has 1 aromatic heterocycles. The molecule has 128 valence electrons. The van der Waals surface area contributed by atoms with E-state index in [4.69, 9.17) is 4.74 Å². The summed E-state index contributed by atoms with van der Waals surface area (Å²) >= 11 is 3.27. The van der Waals surface area contributed by atoms with Crippen LogP contribution in [0.25, 0.3) is 0 Å². The molecule has 0 radical (unpaired) electrons. The van der Waals surface area contributed by atoms with Crippen LogP contribution < -0.4 is 5.32 Å². The van der Waals surface area contributed by atoms with Crippen LogP contribution in [0, 0.1) is 3.57 Å². The molecule has 0 spiro atoms. The molecule has 0 atom stereocenters. The van der Waals surface area contributed by atoms with Gasteiger partial charge in [0.2, 0.25) is 10.0 Å². The Morgan fingerprint density at radius 2 is 2.00 bits per heavy atom. The molecule has 1 N–H and O–H groups in total. The smallest absolute Gasteiger partial charge is 0.267 e. The van der Waals surface area contributed by atoms with E-state index in [0.717, 1.165) is 14.9 Å². The number of rotatable bonds is 4. The fraction of sp³-hybridized carbons (Fsp3) is 0.267. The number of carbonyl (C=O) groups excluding carboxylic acids is 1. The predicted octanol–water partition coefficient (Wildman–Crippen LogP) is 2.63. The quantitative estimate of drug-likeness (QED) is 0.686. The summed E-state index contributed by atoms with van der Waals surface area (Å²) < 4.78 is 33.1. The average Bonchev–Trinajstić information content (AvgIpc) is 3.06. The molecule has 1 aromatic carbocycles. The highest BCUT2D eigenvalue weighted by molar-refractivity contribution is 14.1. The first-order valence-electron chi connectivity index (χ1n) is 7.21. The van der Waals surface area contributed by atoms with Crippen molar-refractivity contribution < 1.29 is 17.9 Å². The SMILES string of the molecule is O=C(Nc1cccc(I)c1)c1sccc1S(=O)(=O)N1CCOCC1. The van der Waals surface area contributed by atoms with E-state index in [2.05, 4.69) is 27.9 Å². The minimum Gasteiger partial charge on any atom is -0.379 e. The molecule has 1 aliphatic rings. The Morgan fingerprint density at radius 1 is 1.25 bits per heavy atom. The van der Waals surface area contributed by atoms with Crippen LogP contribution in [0.2, 0.25) is 0 Å². The van der Waals surface area contributed by atoms with E-state index in [1.54, 1.807) is 11.4 Å². The first kappa shape index (κ1) is 17.8. The molecule has 0 saturated carbocycles. The van der Waals surface area contributed by atoms with Crippen LogP contribution in [0.1, 0.15) is 9.67 Å². The fourth-order valence-corrected chi connectivity index (χ4v) is 5.59. The van der Waals surface area contributed by atoms with E-state index in [1.165, 1.54) is 10.4 Å². The fourth-order valence-electron chi connectivity index (χ4n) is 2.35. The van der Waals surface area contributed by atoms with Gasteiger partial charge >= 0.3 is 0 Å². The summed E-state index contributed by atoms with van der Waals surface area (Å²) in [4.78, 5) is 12.8. The first-order valence-corrected chi connectivity index (χ1v) is 10.6. The second-order valence-electron chi connectivity index (χ2n) is 5.09.